The average Bonchev–Trinajstić information content (AvgIpc) is 3.01. The van der Waals surface area contributed by atoms with E-state index in [0.29, 0.717) is 17.1 Å². The van der Waals surface area contributed by atoms with Gasteiger partial charge in [-0.25, -0.2) is 4.39 Å². The summed E-state index contributed by atoms with van der Waals surface area (Å²) in [6, 6.07) is 13.2. The van der Waals surface area contributed by atoms with Gasteiger partial charge in [0.05, 0.1) is 16.4 Å². The van der Waals surface area contributed by atoms with Crippen molar-refractivity contribution in [3.63, 3.8) is 0 Å². The molecule has 3 aromatic rings. The maximum Gasteiger partial charge on any atom is 0.273 e. The van der Waals surface area contributed by atoms with Crippen LogP contribution in [0.1, 0.15) is 16.1 Å². The van der Waals surface area contributed by atoms with Gasteiger partial charge in [-0.05, 0) is 31.2 Å². The Bertz CT molecular complexity index is 859. The van der Waals surface area contributed by atoms with Crippen molar-refractivity contribution in [1.29, 1.82) is 0 Å². The number of nitrogens with zero attached hydrogens (tertiary/aromatic N) is 1. The van der Waals surface area contributed by atoms with Gasteiger partial charge in [0.2, 0.25) is 0 Å². The fourth-order valence-corrected chi connectivity index (χ4v) is 2.31. The minimum atomic E-state index is -0.462. The number of anilines is 1. The first-order valence-corrected chi connectivity index (χ1v) is 7.29. The number of aryl methyl sites for hydroxylation is 1. The zero-order chi connectivity index (χ0) is 16.4. The number of H-pyrrole nitrogens is 1. The summed E-state index contributed by atoms with van der Waals surface area (Å²) in [6.07, 6.45) is 0. The van der Waals surface area contributed by atoms with Gasteiger partial charge in [0.1, 0.15) is 11.5 Å². The van der Waals surface area contributed by atoms with Crippen molar-refractivity contribution in [2.75, 3.05) is 5.32 Å². The molecule has 2 aromatic carbocycles. The van der Waals surface area contributed by atoms with Crippen LogP contribution in [0.2, 0.25) is 5.02 Å². The molecule has 1 heterocycles. The zero-order valence-electron chi connectivity index (χ0n) is 12.2. The normalized spacial score (nSPS) is 10.6. The molecule has 0 atom stereocenters. The number of benzene rings is 2. The van der Waals surface area contributed by atoms with Crippen LogP contribution in [0.25, 0.3) is 11.3 Å². The Morgan fingerprint density at radius 2 is 1.91 bits per heavy atom. The van der Waals surface area contributed by atoms with Crippen molar-refractivity contribution >= 4 is 23.2 Å². The van der Waals surface area contributed by atoms with Gasteiger partial charge in [-0.2, -0.15) is 5.10 Å². The second kappa shape index (κ2) is 6.22. The summed E-state index contributed by atoms with van der Waals surface area (Å²) < 4.78 is 13.0. The molecule has 4 nitrogen and oxygen atoms in total. The summed E-state index contributed by atoms with van der Waals surface area (Å²) >= 11 is 5.90. The predicted octanol–water partition coefficient (Wildman–Crippen LogP) is 4.43. The van der Waals surface area contributed by atoms with E-state index in [0.717, 1.165) is 17.2 Å². The molecule has 0 fully saturated rings. The van der Waals surface area contributed by atoms with E-state index in [1.807, 2.05) is 31.2 Å². The summed E-state index contributed by atoms with van der Waals surface area (Å²) in [4.78, 5) is 12.2. The summed E-state index contributed by atoms with van der Waals surface area (Å²) in [5.41, 5.74) is 3.35. The highest BCUT2D eigenvalue weighted by atomic mass is 35.5. The van der Waals surface area contributed by atoms with E-state index >= 15 is 0 Å². The quantitative estimate of drug-likeness (QED) is 0.746. The zero-order valence-corrected chi connectivity index (χ0v) is 13.0. The van der Waals surface area contributed by atoms with Crippen LogP contribution in [0, 0.1) is 12.7 Å². The lowest BCUT2D eigenvalue weighted by molar-refractivity contribution is 0.102. The first-order valence-electron chi connectivity index (χ1n) is 6.92. The minimum absolute atomic E-state index is 0.136. The third-order valence-corrected chi connectivity index (χ3v) is 3.66. The topological polar surface area (TPSA) is 57.8 Å². The minimum Gasteiger partial charge on any atom is -0.319 e. The van der Waals surface area contributed by atoms with Gasteiger partial charge in [0.25, 0.3) is 5.91 Å². The molecule has 6 heteroatoms. The van der Waals surface area contributed by atoms with Crippen LogP contribution < -0.4 is 5.32 Å². The Balaban J connectivity index is 1.79. The van der Waals surface area contributed by atoms with Crippen molar-refractivity contribution in [3.05, 3.63) is 70.6 Å². The van der Waals surface area contributed by atoms with Crippen LogP contribution >= 0.6 is 11.6 Å². The molecule has 3 rings (SSSR count). The van der Waals surface area contributed by atoms with E-state index in [9.17, 15) is 9.18 Å². The van der Waals surface area contributed by atoms with Crippen LogP contribution in [0.15, 0.2) is 48.5 Å². The SMILES string of the molecule is Cc1ccc(-c2cc(C(=O)Nc3ccc(F)cc3Cl)[nH]n2)cc1. The molecule has 0 aliphatic rings. The van der Waals surface area contributed by atoms with Gasteiger partial charge in [-0.15, -0.1) is 0 Å². The van der Waals surface area contributed by atoms with Gasteiger partial charge in [0.15, 0.2) is 0 Å². The maximum absolute atomic E-state index is 13.0. The molecular weight excluding hydrogens is 317 g/mol. The van der Waals surface area contributed by atoms with Gasteiger partial charge in [-0.3, -0.25) is 9.89 Å². The third kappa shape index (κ3) is 3.40. The van der Waals surface area contributed by atoms with Crippen molar-refractivity contribution in [1.82, 2.24) is 10.2 Å². The maximum atomic E-state index is 13.0. The third-order valence-electron chi connectivity index (χ3n) is 3.35. The standard InChI is InChI=1S/C17H13ClFN3O/c1-10-2-4-11(5-3-10)15-9-16(22-21-15)17(23)20-14-7-6-12(19)8-13(14)18/h2-9H,1H3,(H,20,23)(H,21,22). The Hall–Kier alpha value is -2.66. The van der Waals surface area contributed by atoms with E-state index in [2.05, 4.69) is 15.5 Å². The molecule has 0 unspecified atom stereocenters. The number of rotatable bonds is 3. The van der Waals surface area contributed by atoms with E-state index in [1.165, 1.54) is 12.1 Å². The molecule has 2 N–H and O–H groups in total. The van der Waals surface area contributed by atoms with Crippen LogP contribution in [-0.2, 0) is 0 Å². The lowest BCUT2D eigenvalue weighted by atomic mass is 10.1. The Morgan fingerprint density at radius 3 is 2.61 bits per heavy atom. The van der Waals surface area contributed by atoms with Crippen molar-refractivity contribution in [2.24, 2.45) is 0 Å². The molecule has 0 bridgehead atoms. The molecule has 116 valence electrons. The summed E-state index contributed by atoms with van der Waals surface area (Å²) in [6.45, 7) is 2.00. The summed E-state index contributed by atoms with van der Waals surface area (Å²) in [7, 11) is 0. The number of hydrogen-bond donors (Lipinski definition) is 2. The number of aromatic amines is 1. The number of aromatic nitrogens is 2. The van der Waals surface area contributed by atoms with Crippen molar-refractivity contribution < 1.29 is 9.18 Å². The lowest BCUT2D eigenvalue weighted by Crippen LogP contribution is -2.12. The van der Waals surface area contributed by atoms with Gasteiger partial charge >= 0.3 is 0 Å². The lowest BCUT2D eigenvalue weighted by Gasteiger charge is -2.05. The second-order valence-corrected chi connectivity index (χ2v) is 5.52. The molecular formula is C17H13ClFN3O. The molecule has 23 heavy (non-hydrogen) atoms. The number of hydrogen-bond acceptors (Lipinski definition) is 2. The molecule has 0 saturated heterocycles. The molecule has 0 aliphatic heterocycles. The summed E-state index contributed by atoms with van der Waals surface area (Å²) in [5.74, 6) is -0.861. The first-order chi connectivity index (χ1) is 11.0. The molecule has 0 spiro atoms. The van der Waals surface area contributed by atoms with E-state index in [-0.39, 0.29) is 5.02 Å². The number of carbonyl (C=O) groups is 1. The largest absolute Gasteiger partial charge is 0.319 e. The van der Waals surface area contributed by atoms with Crippen LogP contribution in [0.4, 0.5) is 10.1 Å². The van der Waals surface area contributed by atoms with E-state index < -0.39 is 11.7 Å². The molecule has 1 aromatic heterocycles. The fraction of sp³-hybridized carbons (Fsp3) is 0.0588. The Morgan fingerprint density at radius 1 is 1.17 bits per heavy atom. The monoisotopic (exact) mass is 329 g/mol. The van der Waals surface area contributed by atoms with Crippen LogP contribution in [0.3, 0.4) is 0 Å². The smallest absolute Gasteiger partial charge is 0.273 e. The van der Waals surface area contributed by atoms with E-state index in [4.69, 9.17) is 11.6 Å². The highest BCUT2D eigenvalue weighted by Gasteiger charge is 2.13. The average molecular weight is 330 g/mol. The Kier molecular flexibility index (Phi) is 4.12. The molecule has 0 radical (unpaired) electrons. The fourth-order valence-electron chi connectivity index (χ4n) is 2.09. The molecule has 0 saturated carbocycles. The second-order valence-electron chi connectivity index (χ2n) is 5.11. The van der Waals surface area contributed by atoms with Crippen LogP contribution in [0.5, 0.6) is 0 Å². The van der Waals surface area contributed by atoms with Crippen molar-refractivity contribution in [3.8, 4) is 11.3 Å². The summed E-state index contributed by atoms with van der Waals surface area (Å²) in [5, 5.41) is 9.58. The predicted molar refractivity (Wildman–Crippen MR) is 88.1 cm³/mol. The van der Waals surface area contributed by atoms with Gasteiger partial charge in [-0.1, -0.05) is 41.4 Å². The highest BCUT2D eigenvalue weighted by Crippen LogP contribution is 2.23. The van der Waals surface area contributed by atoms with E-state index in [1.54, 1.807) is 6.07 Å². The van der Waals surface area contributed by atoms with Crippen LogP contribution in [-0.4, -0.2) is 16.1 Å². The van der Waals surface area contributed by atoms with Crippen molar-refractivity contribution in [2.45, 2.75) is 6.92 Å². The van der Waals surface area contributed by atoms with Gasteiger partial charge in [0, 0.05) is 5.56 Å². The molecule has 0 aliphatic carbocycles. The highest BCUT2D eigenvalue weighted by molar-refractivity contribution is 6.33. The number of halogens is 2. The molecule has 1 amide bonds. The number of nitrogens with one attached hydrogen (secondary N) is 2. The van der Waals surface area contributed by atoms with Gasteiger partial charge < -0.3 is 5.32 Å². The first kappa shape index (κ1) is 15.2. The number of carbonyl (C=O) groups excluding carboxylic acids is 1. The Labute approximate surface area is 137 Å². The number of amides is 1.